The number of carbonyl (C=O) groups is 4. The van der Waals surface area contributed by atoms with E-state index in [-0.39, 0.29) is 49.0 Å². The molecule has 1 aliphatic rings. The molecule has 1 fully saturated rings. The quantitative estimate of drug-likeness (QED) is 0.245. The molecule has 0 bridgehead atoms. The van der Waals surface area contributed by atoms with Crippen LogP contribution in [0.2, 0.25) is 0 Å². The van der Waals surface area contributed by atoms with E-state index in [0.717, 1.165) is 0 Å². The van der Waals surface area contributed by atoms with Gasteiger partial charge in [0.2, 0.25) is 5.76 Å². The van der Waals surface area contributed by atoms with E-state index in [4.69, 9.17) is 14.0 Å². The van der Waals surface area contributed by atoms with Crippen molar-refractivity contribution in [1.29, 1.82) is 0 Å². The van der Waals surface area contributed by atoms with Gasteiger partial charge in [0.25, 0.3) is 0 Å². The minimum Gasteiger partial charge on any atom is -0.461 e. The van der Waals surface area contributed by atoms with E-state index in [9.17, 15) is 32.3 Å². The molecule has 0 amide bonds. The summed E-state index contributed by atoms with van der Waals surface area (Å²) in [6, 6.07) is 0. The molecular formula is C26H33F3N2O10. The molecule has 0 aromatic carbocycles. The van der Waals surface area contributed by atoms with Gasteiger partial charge in [0, 0.05) is 24.0 Å². The van der Waals surface area contributed by atoms with Gasteiger partial charge in [-0.3, -0.25) is 4.79 Å². The van der Waals surface area contributed by atoms with Crippen molar-refractivity contribution in [2.45, 2.75) is 85.8 Å². The normalized spacial score (nSPS) is 19.0. The SMILES string of the molecule is CCOC(=O)c1noc(C=O)c1C.CCOC(=O)c1noc([C@@H]2C[C@H](OC(=O)C(F)(F)F)C[C@H](C(C)(C)C)O2)c1C. The lowest BCUT2D eigenvalue weighted by Gasteiger charge is -2.40. The molecule has 0 spiro atoms. The van der Waals surface area contributed by atoms with E-state index in [1.807, 2.05) is 20.8 Å². The lowest BCUT2D eigenvalue weighted by atomic mass is 9.82. The molecule has 3 atom stereocenters. The summed E-state index contributed by atoms with van der Waals surface area (Å²) in [4.78, 5) is 44.7. The van der Waals surface area contributed by atoms with Crippen molar-refractivity contribution in [2.24, 2.45) is 5.41 Å². The standard InChI is InChI=1S/C18H24F3NO6.C8H9NO4/c1-6-25-15(23)13-9(2)14(28-22-13)11-7-10(26-16(24)18(19,20)21)8-12(27-11)17(3,4)5;1-3-12-8(11)7-5(2)6(4-10)13-9-7/h10-12H,6-8H2,1-5H3;4H,3H2,1-2H3/t10-,11-,12+;/m0./s1. The summed E-state index contributed by atoms with van der Waals surface area (Å²) in [5.74, 6) is -3.23. The first-order valence-corrected chi connectivity index (χ1v) is 12.7. The second-order valence-corrected chi connectivity index (χ2v) is 10.1. The molecule has 0 radical (unpaired) electrons. The summed E-state index contributed by atoms with van der Waals surface area (Å²) >= 11 is 0. The lowest BCUT2D eigenvalue weighted by Crippen LogP contribution is -2.42. The second-order valence-electron chi connectivity index (χ2n) is 10.1. The Balaban J connectivity index is 0.000000377. The Bertz CT molecular complexity index is 1230. The number of esters is 3. The van der Waals surface area contributed by atoms with Crippen molar-refractivity contribution < 1.29 is 60.3 Å². The largest absolute Gasteiger partial charge is 0.490 e. The van der Waals surface area contributed by atoms with E-state index >= 15 is 0 Å². The molecule has 15 heteroatoms. The Kier molecular flexibility index (Phi) is 11.2. The number of halogens is 3. The van der Waals surface area contributed by atoms with Gasteiger partial charge in [-0.1, -0.05) is 31.1 Å². The number of aldehydes is 1. The molecule has 3 heterocycles. The number of ether oxygens (including phenoxy) is 4. The predicted octanol–water partition coefficient (Wildman–Crippen LogP) is 4.87. The molecule has 2 aromatic heterocycles. The summed E-state index contributed by atoms with van der Waals surface area (Å²) in [6.07, 6.45) is -6.86. The van der Waals surface area contributed by atoms with E-state index in [1.165, 1.54) is 0 Å². The number of alkyl halides is 3. The zero-order chi connectivity index (χ0) is 31.1. The highest BCUT2D eigenvalue weighted by Crippen LogP contribution is 2.41. The third kappa shape index (κ3) is 8.62. The number of aromatic nitrogens is 2. The number of rotatable bonds is 7. The second kappa shape index (κ2) is 13.7. The Morgan fingerprint density at radius 1 is 0.927 bits per heavy atom. The smallest absolute Gasteiger partial charge is 0.461 e. The number of hydrogen-bond acceptors (Lipinski definition) is 12. The molecule has 0 N–H and O–H groups in total. The Morgan fingerprint density at radius 3 is 1.93 bits per heavy atom. The van der Waals surface area contributed by atoms with Crippen molar-refractivity contribution in [3.05, 3.63) is 34.0 Å². The molecule has 3 rings (SSSR count). The summed E-state index contributed by atoms with van der Waals surface area (Å²) in [5.41, 5.74) is 0.387. The van der Waals surface area contributed by atoms with Gasteiger partial charge in [-0.2, -0.15) is 13.2 Å². The number of hydrogen-bond donors (Lipinski definition) is 0. The van der Waals surface area contributed by atoms with E-state index < -0.39 is 47.8 Å². The van der Waals surface area contributed by atoms with Gasteiger partial charge >= 0.3 is 24.1 Å². The maximum atomic E-state index is 12.6. The maximum Gasteiger partial charge on any atom is 0.490 e. The first-order chi connectivity index (χ1) is 19.0. The first kappa shape index (κ1) is 33.5. The highest BCUT2D eigenvalue weighted by molar-refractivity contribution is 5.91. The van der Waals surface area contributed by atoms with Crippen molar-refractivity contribution in [3.8, 4) is 0 Å². The monoisotopic (exact) mass is 590 g/mol. The maximum absolute atomic E-state index is 12.6. The van der Waals surface area contributed by atoms with Crippen molar-refractivity contribution in [3.63, 3.8) is 0 Å². The molecule has 228 valence electrons. The molecule has 1 saturated heterocycles. The minimum atomic E-state index is -5.08. The van der Waals surface area contributed by atoms with Crippen LogP contribution < -0.4 is 0 Å². The van der Waals surface area contributed by atoms with Gasteiger partial charge in [-0.15, -0.1) is 0 Å². The molecule has 12 nitrogen and oxygen atoms in total. The highest BCUT2D eigenvalue weighted by atomic mass is 19.4. The fourth-order valence-electron chi connectivity index (χ4n) is 3.81. The predicted molar refractivity (Wildman–Crippen MR) is 132 cm³/mol. The van der Waals surface area contributed by atoms with Gasteiger partial charge in [0.15, 0.2) is 23.4 Å². The number of nitrogens with zero attached hydrogens (tertiary/aromatic N) is 2. The van der Waals surface area contributed by atoms with Crippen LogP contribution in [0.4, 0.5) is 13.2 Å². The summed E-state index contributed by atoms with van der Waals surface area (Å²) in [5, 5.41) is 7.13. The van der Waals surface area contributed by atoms with E-state index in [1.54, 1.807) is 27.7 Å². The van der Waals surface area contributed by atoms with Gasteiger partial charge in [-0.05, 0) is 33.1 Å². The first-order valence-electron chi connectivity index (χ1n) is 12.7. The Labute approximate surface area is 233 Å². The average molecular weight is 591 g/mol. The van der Waals surface area contributed by atoms with Gasteiger partial charge in [-0.25, -0.2) is 14.4 Å². The van der Waals surface area contributed by atoms with Gasteiger partial charge in [0.05, 0.1) is 19.3 Å². The van der Waals surface area contributed by atoms with Crippen LogP contribution in [0.25, 0.3) is 0 Å². The van der Waals surface area contributed by atoms with Crippen molar-refractivity contribution >= 4 is 24.2 Å². The summed E-state index contributed by atoms with van der Waals surface area (Å²) in [6.45, 7) is 12.5. The van der Waals surface area contributed by atoms with Crippen LogP contribution in [0.15, 0.2) is 9.05 Å². The van der Waals surface area contributed by atoms with Crippen molar-refractivity contribution in [2.75, 3.05) is 13.2 Å². The van der Waals surface area contributed by atoms with E-state index in [0.29, 0.717) is 17.4 Å². The Hall–Kier alpha value is -3.75. The zero-order valence-corrected chi connectivity index (χ0v) is 23.7. The topological polar surface area (TPSA) is 157 Å². The number of carbonyl (C=O) groups excluding carboxylic acids is 4. The van der Waals surface area contributed by atoms with Gasteiger partial charge < -0.3 is 28.0 Å². The zero-order valence-electron chi connectivity index (χ0n) is 23.7. The third-order valence-electron chi connectivity index (χ3n) is 6.01. The molecule has 2 aromatic rings. The van der Waals surface area contributed by atoms with Gasteiger partial charge in [0.1, 0.15) is 12.2 Å². The van der Waals surface area contributed by atoms with Crippen LogP contribution in [-0.4, -0.2) is 66.1 Å². The highest BCUT2D eigenvalue weighted by Gasteiger charge is 2.46. The minimum absolute atomic E-state index is 0.0258. The average Bonchev–Trinajstić information content (AvgIpc) is 3.45. The molecule has 1 aliphatic heterocycles. The van der Waals surface area contributed by atoms with E-state index in [2.05, 4.69) is 24.3 Å². The molecule has 0 aliphatic carbocycles. The van der Waals surface area contributed by atoms with Crippen LogP contribution >= 0.6 is 0 Å². The molecular weight excluding hydrogens is 557 g/mol. The Morgan fingerprint density at radius 2 is 1.46 bits per heavy atom. The summed E-state index contributed by atoms with van der Waals surface area (Å²) in [7, 11) is 0. The van der Waals surface area contributed by atoms with Crippen LogP contribution in [0, 0.1) is 19.3 Å². The third-order valence-corrected chi connectivity index (χ3v) is 6.01. The molecule has 41 heavy (non-hydrogen) atoms. The van der Waals surface area contributed by atoms with Crippen LogP contribution in [0.1, 0.15) is 102 Å². The fraction of sp³-hybridized carbons (Fsp3) is 0.615. The van der Waals surface area contributed by atoms with Crippen LogP contribution in [0.3, 0.4) is 0 Å². The fourth-order valence-corrected chi connectivity index (χ4v) is 3.81. The van der Waals surface area contributed by atoms with Crippen molar-refractivity contribution in [1.82, 2.24) is 10.3 Å². The van der Waals surface area contributed by atoms with Crippen LogP contribution in [-0.2, 0) is 23.7 Å². The molecule has 0 saturated carbocycles. The molecule has 0 unspecified atom stereocenters. The van der Waals surface area contributed by atoms with Crippen LogP contribution in [0.5, 0.6) is 0 Å². The lowest BCUT2D eigenvalue weighted by molar-refractivity contribution is -0.216. The summed E-state index contributed by atoms with van der Waals surface area (Å²) < 4.78 is 67.9.